The van der Waals surface area contributed by atoms with Crippen molar-refractivity contribution in [3.8, 4) is 0 Å². The average Bonchev–Trinajstić information content (AvgIpc) is 3.18. The van der Waals surface area contributed by atoms with Crippen molar-refractivity contribution in [2.45, 2.75) is 45.2 Å². The van der Waals surface area contributed by atoms with Crippen LogP contribution in [0.4, 0.5) is 0 Å². The fourth-order valence-corrected chi connectivity index (χ4v) is 6.46. The Hall–Kier alpha value is 0.110. The largest absolute Gasteiger partial charge is 0.287 e. The van der Waals surface area contributed by atoms with E-state index in [0.29, 0.717) is 12.1 Å². The summed E-state index contributed by atoms with van der Waals surface area (Å²) in [6, 6.07) is 1.06. The molecular weight excluding hydrogens is 221 g/mol. The highest BCUT2D eigenvalue weighted by Gasteiger charge is 2.57. The Bertz CT molecular complexity index is 309. The van der Waals surface area contributed by atoms with Crippen LogP contribution in [-0.4, -0.2) is 52.3 Å². The third-order valence-corrected chi connectivity index (χ3v) is 7.61. The lowest BCUT2D eigenvalue weighted by Crippen LogP contribution is -2.33. The van der Waals surface area contributed by atoms with E-state index in [1.54, 1.807) is 0 Å². The molecule has 0 bridgehead atoms. The first-order chi connectivity index (χ1) is 7.64. The highest BCUT2D eigenvalue weighted by molar-refractivity contribution is 7.57. The Kier molecular flexibility index (Phi) is 2.67. The minimum Gasteiger partial charge on any atom is -0.270 e. The topological polar surface area (TPSA) is 26.3 Å². The van der Waals surface area contributed by atoms with Gasteiger partial charge in [0.25, 0.3) is 7.59 Å². The van der Waals surface area contributed by atoms with Gasteiger partial charge in [0.2, 0.25) is 0 Å². The molecule has 3 aliphatic heterocycles. The molecule has 3 saturated heterocycles. The summed E-state index contributed by atoms with van der Waals surface area (Å²) in [5.41, 5.74) is 0. The van der Waals surface area contributed by atoms with Gasteiger partial charge in [-0.2, -0.15) is 0 Å². The minimum atomic E-state index is -2.33. The molecule has 0 aliphatic carbocycles. The highest BCUT2D eigenvalue weighted by Crippen LogP contribution is 2.66. The van der Waals surface area contributed by atoms with Gasteiger partial charge >= 0.3 is 0 Å². The fourth-order valence-electron chi connectivity index (χ4n) is 2.78. The van der Waals surface area contributed by atoms with E-state index < -0.39 is 7.59 Å². The fraction of sp³-hybridized carbons (Fsp3) is 1.00. The summed E-state index contributed by atoms with van der Waals surface area (Å²) in [6.45, 7) is 8.48. The molecule has 0 saturated carbocycles. The lowest BCUT2D eigenvalue weighted by Gasteiger charge is -2.36. The number of rotatable bonds is 3. The van der Waals surface area contributed by atoms with E-state index in [1.807, 2.05) is 0 Å². The van der Waals surface area contributed by atoms with Crippen molar-refractivity contribution >= 4 is 7.59 Å². The molecule has 4 nitrogen and oxygen atoms in total. The molecule has 0 aromatic carbocycles. The number of hydrogen-bond acceptors (Lipinski definition) is 1. The van der Waals surface area contributed by atoms with Gasteiger partial charge in [-0.25, -0.2) is 14.0 Å². The van der Waals surface area contributed by atoms with Gasteiger partial charge in [0, 0.05) is 38.3 Å². The summed E-state index contributed by atoms with van der Waals surface area (Å²) in [5, 5.41) is 0. The predicted octanol–water partition coefficient (Wildman–Crippen LogP) is 1.99. The van der Waals surface area contributed by atoms with Gasteiger partial charge in [0.05, 0.1) is 0 Å². The summed E-state index contributed by atoms with van der Waals surface area (Å²) >= 11 is 0. The lowest BCUT2D eigenvalue weighted by atomic mass is 10.2. The SMILES string of the molecule is CC1CN1P(=O)(N1CCCCC1)N1CC1C. The number of piperidine rings is 1. The molecule has 0 radical (unpaired) electrons. The maximum Gasteiger partial charge on any atom is 0.287 e. The predicted molar refractivity (Wildman–Crippen MR) is 65.4 cm³/mol. The van der Waals surface area contributed by atoms with Gasteiger partial charge in [-0.3, -0.25) is 4.57 Å². The smallest absolute Gasteiger partial charge is 0.270 e. The van der Waals surface area contributed by atoms with Gasteiger partial charge < -0.3 is 0 Å². The van der Waals surface area contributed by atoms with Crippen LogP contribution >= 0.6 is 7.59 Å². The second kappa shape index (κ2) is 3.81. The van der Waals surface area contributed by atoms with E-state index in [-0.39, 0.29) is 0 Å². The van der Waals surface area contributed by atoms with Crippen LogP contribution < -0.4 is 0 Å². The molecule has 0 N–H and O–H groups in total. The third kappa shape index (κ3) is 1.67. The van der Waals surface area contributed by atoms with Gasteiger partial charge in [-0.1, -0.05) is 6.42 Å². The molecule has 3 fully saturated rings. The molecule has 0 amide bonds. The second-order valence-corrected chi connectivity index (χ2v) is 8.09. The molecule has 3 heterocycles. The Morgan fingerprint density at radius 3 is 1.75 bits per heavy atom. The number of hydrogen-bond donors (Lipinski definition) is 0. The zero-order chi connectivity index (χ0) is 11.3. The second-order valence-electron chi connectivity index (χ2n) is 5.47. The van der Waals surface area contributed by atoms with Crippen molar-refractivity contribution in [2.75, 3.05) is 26.2 Å². The molecule has 3 aliphatic rings. The molecule has 4 atom stereocenters. The van der Waals surface area contributed by atoms with Crippen LogP contribution in [0.3, 0.4) is 0 Å². The maximum atomic E-state index is 13.3. The summed E-state index contributed by atoms with van der Waals surface area (Å²) < 4.78 is 20.0. The van der Waals surface area contributed by atoms with Crippen LogP contribution in [0.25, 0.3) is 0 Å². The van der Waals surface area contributed by atoms with Crippen molar-refractivity contribution in [2.24, 2.45) is 0 Å². The Morgan fingerprint density at radius 2 is 1.38 bits per heavy atom. The van der Waals surface area contributed by atoms with Crippen LogP contribution in [0.15, 0.2) is 0 Å². The standard InChI is InChI=1S/C11H22N3OP/c1-10-8-13(10)16(15,14-9-11(14)2)12-6-4-3-5-7-12/h10-11H,3-9H2,1-2H3. The normalized spacial score (nSPS) is 47.4. The minimum absolute atomic E-state index is 0.528. The molecule has 0 aromatic rings. The third-order valence-electron chi connectivity index (χ3n) is 4.02. The van der Waals surface area contributed by atoms with E-state index in [9.17, 15) is 4.57 Å². The summed E-state index contributed by atoms with van der Waals surface area (Å²) in [6.07, 6.45) is 3.74. The van der Waals surface area contributed by atoms with E-state index in [2.05, 4.69) is 27.9 Å². The van der Waals surface area contributed by atoms with Crippen LogP contribution in [0.2, 0.25) is 0 Å². The molecule has 5 heteroatoms. The van der Waals surface area contributed by atoms with Crippen molar-refractivity contribution in [3.63, 3.8) is 0 Å². The Balaban J connectivity index is 1.81. The Labute approximate surface area is 98.1 Å². The summed E-state index contributed by atoms with van der Waals surface area (Å²) in [4.78, 5) is 0. The van der Waals surface area contributed by atoms with Gasteiger partial charge in [-0.05, 0) is 26.7 Å². The number of nitrogens with zero attached hydrogens (tertiary/aromatic N) is 3. The van der Waals surface area contributed by atoms with E-state index >= 15 is 0 Å². The average molecular weight is 243 g/mol. The van der Waals surface area contributed by atoms with Crippen molar-refractivity contribution in [1.29, 1.82) is 0 Å². The Morgan fingerprint density at radius 1 is 0.938 bits per heavy atom. The first-order valence-electron chi connectivity index (χ1n) is 6.54. The summed E-state index contributed by atoms with van der Waals surface area (Å²) in [7, 11) is -2.33. The molecule has 4 unspecified atom stereocenters. The molecule has 3 rings (SSSR count). The molecule has 0 spiro atoms. The van der Waals surface area contributed by atoms with Crippen molar-refractivity contribution in [3.05, 3.63) is 0 Å². The van der Waals surface area contributed by atoms with E-state index in [4.69, 9.17) is 0 Å². The van der Waals surface area contributed by atoms with Gasteiger partial charge in [-0.15, -0.1) is 0 Å². The molecule has 16 heavy (non-hydrogen) atoms. The van der Waals surface area contributed by atoms with Crippen molar-refractivity contribution < 1.29 is 4.57 Å². The van der Waals surface area contributed by atoms with E-state index in [0.717, 1.165) is 26.2 Å². The lowest BCUT2D eigenvalue weighted by molar-refractivity contribution is 0.311. The molecule has 0 aromatic heterocycles. The van der Waals surface area contributed by atoms with Crippen LogP contribution in [0.5, 0.6) is 0 Å². The van der Waals surface area contributed by atoms with Crippen molar-refractivity contribution in [1.82, 2.24) is 14.0 Å². The zero-order valence-electron chi connectivity index (χ0n) is 10.3. The summed E-state index contributed by atoms with van der Waals surface area (Å²) in [5.74, 6) is 0. The molecule has 92 valence electrons. The van der Waals surface area contributed by atoms with Gasteiger partial charge in [0.15, 0.2) is 0 Å². The van der Waals surface area contributed by atoms with Crippen LogP contribution in [-0.2, 0) is 4.57 Å². The first-order valence-corrected chi connectivity index (χ1v) is 8.10. The van der Waals surface area contributed by atoms with Gasteiger partial charge in [0.1, 0.15) is 0 Å². The quantitative estimate of drug-likeness (QED) is 0.559. The van der Waals surface area contributed by atoms with Crippen LogP contribution in [0.1, 0.15) is 33.1 Å². The first kappa shape index (κ1) is 11.2. The highest BCUT2D eigenvalue weighted by atomic mass is 31.2. The van der Waals surface area contributed by atoms with E-state index in [1.165, 1.54) is 19.3 Å². The molecular formula is C11H22N3OP. The van der Waals surface area contributed by atoms with Crippen LogP contribution in [0, 0.1) is 0 Å². The zero-order valence-corrected chi connectivity index (χ0v) is 11.2. The monoisotopic (exact) mass is 243 g/mol. The maximum absolute atomic E-state index is 13.3.